The first kappa shape index (κ1) is 16.0. The molecule has 124 valence electrons. The van der Waals surface area contributed by atoms with Crippen LogP contribution in [0.25, 0.3) is 10.2 Å². The number of amides is 2. The Balaban J connectivity index is 1.56. The number of fused-ring (bicyclic) bond motifs is 1. The molecule has 1 aliphatic rings. The summed E-state index contributed by atoms with van der Waals surface area (Å²) < 4.78 is 6.25. The third kappa shape index (κ3) is 3.73. The Bertz CT molecular complexity index is 634. The maximum atomic E-state index is 12.2. The number of anilines is 1. The summed E-state index contributed by atoms with van der Waals surface area (Å²) in [6.45, 7) is 5.51. The van der Waals surface area contributed by atoms with Crippen LogP contribution in [0.15, 0.2) is 24.3 Å². The van der Waals surface area contributed by atoms with Gasteiger partial charge in [-0.25, -0.2) is 9.78 Å². The lowest BCUT2D eigenvalue weighted by atomic mass is 10.3. The van der Waals surface area contributed by atoms with Crippen molar-refractivity contribution in [3.63, 3.8) is 0 Å². The monoisotopic (exact) mass is 334 g/mol. The van der Waals surface area contributed by atoms with Gasteiger partial charge >= 0.3 is 6.03 Å². The number of nitrogens with zero attached hydrogens (tertiary/aromatic N) is 3. The Kier molecular flexibility index (Phi) is 4.97. The van der Waals surface area contributed by atoms with Gasteiger partial charge in [0, 0.05) is 33.3 Å². The number of hydrogen-bond donors (Lipinski definition) is 1. The molecule has 0 aliphatic carbocycles. The van der Waals surface area contributed by atoms with Gasteiger partial charge in [-0.3, -0.25) is 0 Å². The van der Waals surface area contributed by atoms with Crippen molar-refractivity contribution in [1.82, 2.24) is 15.2 Å². The minimum absolute atomic E-state index is 0.0153. The molecule has 0 bridgehead atoms. The number of benzene rings is 1. The lowest BCUT2D eigenvalue weighted by Crippen LogP contribution is -2.53. The molecule has 7 heteroatoms. The Hall–Kier alpha value is -1.86. The molecule has 1 fully saturated rings. The standard InChI is InChI=1S/C16H22N4O2S/c1-12(11-22-2)17-15(21)19-7-9-20(10-8-19)16-18-13-5-3-4-6-14(13)23-16/h3-6,12H,7-11H2,1-2H3,(H,17,21)/t12-/m0/s1. The number of piperazine rings is 1. The minimum Gasteiger partial charge on any atom is -0.383 e. The van der Waals surface area contributed by atoms with E-state index in [-0.39, 0.29) is 12.1 Å². The zero-order chi connectivity index (χ0) is 16.2. The van der Waals surface area contributed by atoms with Crippen molar-refractivity contribution < 1.29 is 9.53 Å². The number of urea groups is 1. The summed E-state index contributed by atoms with van der Waals surface area (Å²) in [5.41, 5.74) is 1.04. The van der Waals surface area contributed by atoms with Crippen LogP contribution in [0.2, 0.25) is 0 Å². The first-order valence-electron chi connectivity index (χ1n) is 7.82. The van der Waals surface area contributed by atoms with Crippen molar-refractivity contribution in [2.24, 2.45) is 0 Å². The normalized spacial score (nSPS) is 16.6. The smallest absolute Gasteiger partial charge is 0.317 e. The van der Waals surface area contributed by atoms with Gasteiger partial charge in [0.15, 0.2) is 5.13 Å². The fraction of sp³-hybridized carbons (Fsp3) is 0.500. The van der Waals surface area contributed by atoms with E-state index >= 15 is 0 Å². The molecule has 1 aromatic carbocycles. The lowest BCUT2D eigenvalue weighted by molar-refractivity contribution is 0.158. The molecule has 2 amide bonds. The molecule has 1 saturated heterocycles. The van der Waals surface area contributed by atoms with Crippen molar-refractivity contribution in [2.75, 3.05) is 44.8 Å². The maximum absolute atomic E-state index is 12.2. The number of hydrogen-bond acceptors (Lipinski definition) is 5. The second kappa shape index (κ2) is 7.14. The topological polar surface area (TPSA) is 57.7 Å². The molecular formula is C16H22N4O2S. The van der Waals surface area contributed by atoms with Gasteiger partial charge in [0.1, 0.15) is 0 Å². The highest BCUT2D eigenvalue weighted by atomic mass is 32.1. The second-order valence-corrected chi connectivity index (χ2v) is 6.75. The Morgan fingerprint density at radius 2 is 2.09 bits per heavy atom. The Morgan fingerprint density at radius 3 is 2.78 bits per heavy atom. The van der Waals surface area contributed by atoms with Gasteiger partial charge in [-0.1, -0.05) is 23.5 Å². The second-order valence-electron chi connectivity index (χ2n) is 5.74. The highest BCUT2D eigenvalue weighted by molar-refractivity contribution is 7.22. The number of nitrogens with one attached hydrogen (secondary N) is 1. The van der Waals surface area contributed by atoms with E-state index in [2.05, 4.69) is 21.3 Å². The van der Waals surface area contributed by atoms with Gasteiger partial charge in [-0.05, 0) is 19.1 Å². The van der Waals surface area contributed by atoms with Gasteiger partial charge in [0.25, 0.3) is 0 Å². The summed E-state index contributed by atoms with van der Waals surface area (Å²) in [5, 5.41) is 4.00. The fourth-order valence-electron chi connectivity index (χ4n) is 2.69. The maximum Gasteiger partial charge on any atom is 0.317 e. The number of para-hydroxylation sites is 1. The number of methoxy groups -OCH3 is 1. The molecule has 1 atom stereocenters. The van der Waals surface area contributed by atoms with Crippen LogP contribution in [0.1, 0.15) is 6.92 Å². The van der Waals surface area contributed by atoms with Crippen molar-refractivity contribution in [1.29, 1.82) is 0 Å². The SMILES string of the molecule is COC[C@H](C)NC(=O)N1CCN(c2nc3ccccc3s2)CC1. The van der Waals surface area contributed by atoms with E-state index < -0.39 is 0 Å². The van der Waals surface area contributed by atoms with Crippen LogP contribution < -0.4 is 10.2 Å². The quantitative estimate of drug-likeness (QED) is 0.931. The van der Waals surface area contributed by atoms with E-state index in [1.807, 2.05) is 30.0 Å². The third-order valence-corrected chi connectivity index (χ3v) is 5.00. The molecule has 1 N–H and O–H groups in total. The zero-order valence-corrected chi connectivity index (χ0v) is 14.3. The van der Waals surface area contributed by atoms with Gasteiger partial charge in [-0.15, -0.1) is 0 Å². The van der Waals surface area contributed by atoms with Crippen molar-refractivity contribution in [2.45, 2.75) is 13.0 Å². The summed E-state index contributed by atoms with van der Waals surface area (Å²) in [5.74, 6) is 0. The highest BCUT2D eigenvalue weighted by Crippen LogP contribution is 2.29. The fourth-order valence-corrected chi connectivity index (χ4v) is 3.71. The summed E-state index contributed by atoms with van der Waals surface area (Å²) in [7, 11) is 1.64. The van der Waals surface area contributed by atoms with Crippen LogP contribution in [-0.2, 0) is 4.74 Å². The average Bonchev–Trinajstić information content (AvgIpc) is 2.99. The highest BCUT2D eigenvalue weighted by Gasteiger charge is 2.23. The number of ether oxygens (including phenoxy) is 1. The molecular weight excluding hydrogens is 312 g/mol. The largest absolute Gasteiger partial charge is 0.383 e. The number of thiazole rings is 1. The molecule has 0 radical (unpaired) electrons. The van der Waals surface area contributed by atoms with E-state index in [0.717, 1.165) is 23.7 Å². The molecule has 3 rings (SSSR count). The van der Waals surface area contributed by atoms with Crippen LogP contribution in [0.3, 0.4) is 0 Å². The van der Waals surface area contributed by atoms with Crippen LogP contribution in [-0.4, -0.2) is 61.9 Å². The van der Waals surface area contributed by atoms with E-state index in [9.17, 15) is 4.79 Å². The van der Waals surface area contributed by atoms with Crippen LogP contribution >= 0.6 is 11.3 Å². The zero-order valence-electron chi connectivity index (χ0n) is 13.5. The molecule has 0 saturated carbocycles. The molecule has 1 aliphatic heterocycles. The Labute approximate surface area is 140 Å². The van der Waals surface area contributed by atoms with E-state index in [1.165, 1.54) is 4.70 Å². The lowest BCUT2D eigenvalue weighted by Gasteiger charge is -2.35. The number of carbonyl (C=O) groups is 1. The van der Waals surface area contributed by atoms with Crippen molar-refractivity contribution in [3.05, 3.63) is 24.3 Å². The van der Waals surface area contributed by atoms with Crippen molar-refractivity contribution in [3.8, 4) is 0 Å². The van der Waals surface area contributed by atoms with E-state index in [4.69, 9.17) is 4.74 Å². The van der Waals surface area contributed by atoms with Crippen LogP contribution in [0.4, 0.5) is 9.93 Å². The van der Waals surface area contributed by atoms with E-state index in [0.29, 0.717) is 19.7 Å². The molecule has 6 nitrogen and oxygen atoms in total. The van der Waals surface area contributed by atoms with Crippen molar-refractivity contribution >= 4 is 32.7 Å². The van der Waals surface area contributed by atoms with Gasteiger partial charge in [0.2, 0.25) is 0 Å². The molecule has 2 heterocycles. The number of aromatic nitrogens is 1. The number of carbonyl (C=O) groups excluding carboxylic acids is 1. The molecule has 1 aromatic heterocycles. The van der Waals surface area contributed by atoms with Crippen LogP contribution in [0, 0.1) is 0 Å². The van der Waals surface area contributed by atoms with Gasteiger partial charge in [-0.2, -0.15) is 0 Å². The summed E-state index contributed by atoms with van der Waals surface area (Å²) in [6, 6.07) is 8.18. The van der Waals surface area contributed by atoms with Gasteiger partial charge < -0.3 is 19.9 Å². The molecule has 2 aromatic rings. The molecule has 0 spiro atoms. The predicted octanol–water partition coefficient (Wildman–Crippen LogP) is 2.16. The number of rotatable bonds is 4. The average molecular weight is 334 g/mol. The van der Waals surface area contributed by atoms with Gasteiger partial charge in [0.05, 0.1) is 22.9 Å². The summed E-state index contributed by atoms with van der Waals surface area (Å²) >= 11 is 1.71. The summed E-state index contributed by atoms with van der Waals surface area (Å²) in [4.78, 5) is 21.0. The third-order valence-electron chi connectivity index (χ3n) is 3.91. The minimum atomic E-state index is -0.0153. The summed E-state index contributed by atoms with van der Waals surface area (Å²) in [6.07, 6.45) is 0. The van der Waals surface area contributed by atoms with E-state index in [1.54, 1.807) is 18.4 Å². The molecule has 0 unspecified atom stereocenters. The molecule has 23 heavy (non-hydrogen) atoms. The first-order chi connectivity index (χ1) is 11.2. The first-order valence-corrected chi connectivity index (χ1v) is 8.64. The Morgan fingerprint density at radius 1 is 1.35 bits per heavy atom. The predicted molar refractivity (Wildman–Crippen MR) is 93.3 cm³/mol. The van der Waals surface area contributed by atoms with Crippen LogP contribution in [0.5, 0.6) is 0 Å².